The van der Waals surface area contributed by atoms with Gasteiger partial charge in [0, 0.05) is 6.04 Å². The molecule has 1 N–H and O–H groups in total. The van der Waals surface area contributed by atoms with Gasteiger partial charge in [0.15, 0.2) is 0 Å². The van der Waals surface area contributed by atoms with Gasteiger partial charge in [-0.1, -0.05) is 37.6 Å². The van der Waals surface area contributed by atoms with Gasteiger partial charge >= 0.3 is 0 Å². The first kappa shape index (κ1) is 11.7. The van der Waals surface area contributed by atoms with Crippen LogP contribution in [0.1, 0.15) is 49.4 Å². The van der Waals surface area contributed by atoms with Crippen LogP contribution in [0.3, 0.4) is 0 Å². The summed E-state index contributed by atoms with van der Waals surface area (Å²) in [7, 11) is 2.08. The van der Waals surface area contributed by atoms with Crippen molar-refractivity contribution in [2.75, 3.05) is 7.05 Å². The van der Waals surface area contributed by atoms with Gasteiger partial charge in [-0.2, -0.15) is 0 Å². The molecule has 1 atom stereocenters. The van der Waals surface area contributed by atoms with Crippen molar-refractivity contribution in [2.24, 2.45) is 5.41 Å². The second kappa shape index (κ2) is 4.21. The molecule has 88 valence electrons. The van der Waals surface area contributed by atoms with E-state index in [9.17, 15) is 0 Å². The Hall–Kier alpha value is -0.820. The number of benzene rings is 1. The van der Waals surface area contributed by atoms with Crippen LogP contribution >= 0.6 is 0 Å². The van der Waals surface area contributed by atoms with Gasteiger partial charge in [0.1, 0.15) is 0 Å². The Morgan fingerprint density at radius 1 is 1.31 bits per heavy atom. The first-order valence-corrected chi connectivity index (χ1v) is 6.28. The maximum absolute atomic E-state index is 3.48. The molecule has 1 nitrogen and oxygen atoms in total. The molecule has 0 aliphatic heterocycles. The summed E-state index contributed by atoms with van der Waals surface area (Å²) < 4.78 is 0. The molecule has 1 aliphatic carbocycles. The van der Waals surface area contributed by atoms with E-state index in [0.29, 0.717) is 11.5 Å². The standard InChI is InChI=1S/C15H23N/c1-11-5-6-12-7-8-15(2,3)10-14(16-4)13(12)9-11/h5-6,9,14,16H,7-8,10H2,1-4H3. The summed E-state index contributed by atoms with van der Waals surface area (Å²) in [6.45, 7) is 6.95. The molecule has 0 bridgehead atoms. The zero-order valence-corrected chi connectivity index (χ0v) is 10.9. The summed E-state index contributed by atoms with van der Waals surface area (Å²) in [6.07, 6.45) is 3.75. The second-order valence-corrected chi connectivity index (χ2v) is 5.91. The Bertz CT molecular complexity index is 379. The summed E-state index contributed by atoms with van der Waals surface area (Å²) in [4.78, 5) is 0. The molecule has 0 heterocycles. The van der Waals surface area contributed by atoms with Gasteiger partial charge in [0.2, 0.25) is 0 Å². The van der Waals surface area contributed by atoms with E-state index < -0.39 is 0 Å². The average Bonchev–Trinajstić information content (AvgIpc) is 2.36. The van der Waals surface area contributed by atoms with E-state index in [4.69, 9.17) is 0 Å². The summed E-state index contributed by atoms with van der Waals surface area (Å²) in [5, 5.41) is 3.48. The van der Waals surface area contributed by atoms with E-state index in [0.717, 1.165) is 0 Å². The quantitative estimate of drug-likeness (QED) is 0.708. The molecule has 1 aromatic rings. The Kier molecular flexibility index (Phi) is 3.07. The molecule has 0 radical (unpaired) electrons. The third-order valence-corrected chi connectivity index (χ3v) is 3.85. The van der Waals surface area contributed by atoms with Gasteiger partial charge in [0.25, 0.3) is 0 Å². The third-order valence-electron chi connectivity index (χ3n) is 3.85. The van der Waals surface area contributed by atoms with Crippen molar-refractivity contribution < 1.29 is 0 Å². The number of aryl methyl sites for hydroxylation is 2. The molecule has 1 aliphatic rings. The summed E-state index contributed by atoms with van der Waals surface area (Å²) in [6, 6.07) is 7.44. The van der Waals surface area contributed by atoms with Crippen LogP contribution in [0, 0.1) is 12.3 Å². The summed E-state index contributed by atoms with van der Waals surface area (Å²) in [5.74, 6) is 0. The predicted molar refractivity (Wildman–Crippen MR) is 69.7 cm³/mol. The Morgan fingerprint density at radius 2 is 2.06 bits per heavy atom. The van der Waals surface area contributed by atoms with Crippen molar-refractivity contribution in [2.45, 2.75) is 46.1 Å². The molecule has 1 heteroatoms. The van der Waals surface area contributed by atoms with E-state index in [-0.39, 0.29) is 0 Å². The Balaban J connectivity index is 2.41. The molecule has 1 unspecified atom stereocenters. The maximum atomic E-state index is 3.48. The molecule has 0 fully saturated rings. The minimum atomic E-state index is 0.445. The lowest BCUT2D eigenvalue weighted by atomic mass is 9.83. The number of nitrogens with one attached hydrogen (secondary N) is 1. The lowest BCUT2D eigenvalue weighted by Crippen LogP contribution is -2.22. The van der Waals surface area contributed by atoms with Crippen LogP contribution in [-0.4, -0.2) is 7.05 Å². The van der Waals surface area contributed by atoms with Crippen LogP contribution in [-0.2, 0) is 6.42 Å². The zero-order valence-electron chi connectivity index (χ0n) is 10.9. The maximum Gasteiger partial charge on any atom is 0.0325 e. The highest BCUT2D eigenvalue weighted by Gasteiger charge is 2.28. The SMILES string of the molecule is CNC1CC(C)(C)CCc2ccc(C)cc21. The summed E-state index contributed by atoms with van der Waals surface area (Å²) in [5.41, 5.74) is 4.88. The Labute approximate surface area is 99.3 Å². The van der Waals surface area contributed by atoms with Crippen molar-refractivity contribution >= 4 is 0 Å². The van der Waals surface area contributed by atoms with E-state index in [1.165, 1.54) is 36.0 Å². The van der Waals surface area contributed by atoms with Gasteiger partial charge in [-0.05, 0) is 49.8 Å². The highest BCUT2D eigenvalue weighted by molar-refractivity contribution is 5.35. The minimum Gasteiger partial charge on any atom is -0.313 e. The molecule has 1 aromatic carbocycles. The van der Waals surface area contributed by atoms with Crippen LogP contribution in [0.4, 0.5) is 0 Å². The van der Waals surface area contributed by atoms with E-state index in [1.54, 1.807) is 0 Å². The van der Waals surface area contributed by atoms with Crippen molar-refractivity contribution in [1.29, 1.82) is 0 Å². The zero-order chi connectivity index (χ0) is 11.8. The van der Waals surface area contributed by atoms with Gasteiger partial charge in [-0.3, -0.25) is 0 Å². The smallest absolute Gasteiger partial charge is 0.0325 e. The fourth-order valence-electron chi connectivity index (χ4n) is 2.76. The number of hydrogen-bond acceptors (Lipinski definition) is 1. The highest BCUT2D eigenvalue weighted by atomic mass is 14.9. The Morgan fingerprint density at radius 3 is 2.75 bits per heavy atom. The van der Waals surface area contributed by atoms with Crippen molar-refractivity contribution in [3.05, 3.63) is 34.9 Å². The van der Waals surface area contributed by atoms with Gasteiger partial charge in [-0.15, -0.1) is 0 Å². The highest BCUT2D eigenvalue weighted by Crippen LogP contribution is 2.39. The van der Waals surface area contributed by atoms with Crippen LogP contribution < -0.4 is 5.32 Å². The molecule has 0 saturated carbocycles. The molecular formula is C15H23N. The van der Waals surface area contributed by atoms with Gasteiger partial charge in [-0.25, -0.2) is 0 Å². The number of rotatable bonds is 1. The molecule has 16 heavy (non-hydrogen) atoms. The molecular weight excluding hydrogens is 194 g/mol. The fraction of sp³-hybridized carbons (Fsp3) is 0.600. The second-order valence-electron chi connectivity index (χ2n) is 5.91. The molecule has 2 rings (SSSR count). The topological polar surface area (TPSA) is 12.0 Å². The minimum absolute atomic E-state index is 0.445. The number of hydrogen-bond donors (Lipinski definition) is 1. The first-order valence-electron chi connectivity index (χ1n) is 6.28. The number of fused-ring (bicyclic) bond motifs is 1. The normalized spacial score (nSPS) is 23.6. The molecule has 0 amide bonds. The molecule has 0 spiro atoms. The van der Waals surface area contributed by atoms with E-state index >= 15 is 0 Å². The van der Waals surface area contributed by atoms with Gasteiger partial charge in [0.05, 0.1) is 0 Å². The fourth-order valence-corrected chi connectivity index (χ4v) is 2.76. The average molecular weight is 217 g/mol. The van der Waals surface area contributed by atoms with Crippen molar-refractivity contribution in [3.8, 4) is 0 Å². The molecule has 0 aromatic heterocycles. The molecule has 0 saturated heterocycles. The van der Waals surface area contributed by atoms with Gasteiger partial charge < -0.3 is 5.32 Å². The van der Waals surface area contributed by atoms with Crippen molar-refractivity contribution in [1.82, 2.24) is 5.32 Å². The summed E-state index contributed by atoms with van der Waals surface area (Å²) >= 11 is 0. The van der Waals surface area contributed by atoms with Crippen molar-refractivity contribution in [3.63, 3.8) is 0 Å². The monoisotopic (exact) mass is 217 g/mol. The van der Waals surface area contributed by atoms with E-state index in [1.807, 2.05) is 0 Å². The van der Waals surface area contributed by atoms with Crippen LogP contribution in [0.25, 0.3) is 0 Å². The largest absolute Gasteiger partial charge is 0.313 e. The predicted octanol–water partition coefficient (Wildman–Crippen LogP) is 3.62. The lowest BCUT2D eigenvalue weighted by molar-refractivity contribution is 0.279. The van der Waals surface area contributed by atoms with Crippen LogP contribution in [0.5, 0.6) is 0 Å². The lowest BCUT2D eigenvalue weighted by Gasteiger charge is -2.26. The van der Waals surface area contributed by atoms with E-state index in [2.05, 4.69) is 51.3 Å². The first-order chi connectivity index (χ1) is 7.52. The third kappa shape index (κ3) is 2.30. The van der Waals surface area contributed by atoms with Crippen LogP contribution in [0.2, 0.25) is 0 Å². The van der Waals surface area contributed by atoms with Crippen LogP contribution in [0.15, 0.2) is 18.2 Å².